The Labute approximate surface area is 89.2 Å². The van der Waals surface area contributed by atoms with E-state index in [1.807, 2.05) is 24.3 Å². The van der Waals surface area contributed by atoms with Crippen LogP contribution >= 0.6 is 11.6 Å². The first kappa shape index (κ1) is 9.97. The van der Waals surface area contributed by atoms with Crippen LogP contribution in [0.15, 0.2) is 24.3 Å². The minimum atomic E-state index is 0.170. The number of ether oxygens (including phenoxy) is 1. The zero-order valence-electron chi connectivity index (χ0n) is 8.16. The van der Waals surface area contributed by atoms with Crippen LogP contribution in [0.2, 0.25) is 5.02 Å². The molecule has 1 heterocycles. The standard InChI is InChI=1S/C11H14ClNO/c1-8-7-14-11(6-13-8)9-2-4-10(12)5-3-9/h2-5,8,11,13H,6-7H2,1H3/t8-,11+/m0/s1. The van der Waals surface area contributed by atoms with Gasteiger partial charge in [0.2, 0.25) is 0 Å². The van der Waals surface area contributed by atoms with Crippen LogP contribution in [-0.2, 0) is 4.74 Å². The number of hydrogen-bond acceptors (Lipinski definition) is 2. The first-order valence-electron chi connectivity index (χ1n) is 4.86. The Balaban J connectivity index is 2.05. The molecule has 0 aromatic heterocycles. The van der Waals surface area contributed by atoms with Crippen molar-refractivity contribution in [3.05, 3.63) is 34.9 Å². The van der Waals surface area contributed by atoms with Gasteiger partial charge >= 0.3 is 0 Å². The van der Waals surface area contributed by atoms with E-state index in [1.54, 1.807) is 0 Å². The molecule has 1 aromatic carbocycles. The van der Waals surface area contributed by atoms with Crippen molar-refractivity contribution >= 4 is 11.6 Å². The Bertz CT molecular complexity index is 291. The lowest BCUT2D eigenvalue weighted by atomic mass is 10.1. The Morgan fingerprint density at radius 1 is 1.36 bits per heavy atom. The number of rotatable bonds is 1. The molecule has 76 valence electrons. The zero-order chi connectivity index (χ0) is 9.97. The van der Waals surface area contributed by atoms with Gasteiger partial charge in [-0.2, -0.15) is 0 Å². The first-order chi connectivity index (χ1) is 6.75. The molecule has 0 aliphatic carbocycles. The van der Waals surface area contributed by atoms with Crippen molar-refractivity contribution in [2.24, 2.45) is 0 Å². The van der Waals surface area contributed by atoms with Gasteiger partial charge in [-0.25, -0.2) is 0 Å². The van der Waals surface area contributed by atoms with Crippen molar-refractivity contribution in [2.45, 2.75) is 19.1 Å². The first-order valence-corrected chi connectivity index (χ1v) is 5.24. The summed E-state index contributed by atoms with van der Waals surface area (Å²) >= 11 is 5.82. The lowest BCUT2D eigenvalue weighted by molar-refractivity contribution is 0.00695. The molecule has 2 rings (SSSR count). The van der Waals surface area contributed by atoms with Crippen LogP contribution in [0.3, 0.4) is 0 Å². The number of halogens is 1. The largest absolute Gasteiger partial charge is 0.371 e. The molecule has 3 heteroatoms. The maximum atomic E-state index is 5.82. The molecular formula is C11H14ClNO. The smallest absolute Gasteiger partial charge is 0.0950 e. The molecule has 2 nitrogen and oxygen atoms in total. The Hall–Kier alpha value is -0.570. The third-order valence-electron chi connectivity index (χ3n) is 2.44. The third-order valence-corrected chi connectivity index (χ3v) is 2.69. The minimum absolute atomic E-state index is 0.170. The SMILES string of the molecule is C[C@H]1CO[C@@H](c2ccc(Cl)cc2)CN1. The molecule has 1 fully saturated rings. The van der Waals surface area contributed by atoms with E-state index >= 15 is 0 Å². The predicted octanol–water partition coefficient (Wildman–Crippen LogP) is 2.39. The van der Waals surface area contributed by atoms with Crippen LogP contribution in [0.1, 0.15) is 18.6 Å². The second-order valence-corrected chi connectivity index (χ2v) is 4.12. The van der Waals surface area contributed by atoms with Crippen molar-refractivity contribution in [2.75, 3.05) is 13.2 Å². The van der Waals surface area contributed by atoms with Crippen molar-refractivity contribution in [1.82, 2.24) is 5.32 Å². The lowest BCUT2D eigenvalue weighted by Crippen LogP contribution is -2.40. The van der Waals surface area contributed by atoms with E-state index in [0.717, 1.165) is 18.2 Å². The molecule has 0 bridgehead atoms. The van der Waals surface area contributed by atoms with Crippen LogP contribution in [-0.4, -0.2) is 19.2 Å². The molecule has 0 amide bonds. The van der Waals surface area contributed by atoms with Crippen LogP contribution in [0, 0.1) is 0 Å². The van der Waals surface area contributed by atoms with E-state index < -0.39 is 0 Å². The number of benzene rings is 1. The van der Waals surface area contributed by atoms with Gasteiger partial charge in [-0.1, -0.05) is 23.7 Å². The molecule has 1 saturated heterocycles. The highest BCUT2D eigenvalue weighted by Gasteiger charge is 2.18. The zero-order valence-corrected chi connectivity index (χ0v) is 8.92. The summed E-state index contributed by atoms with van der Waals surface area (Å²) in [5.74, 6) is 0. The van der Waals surface area contributed by atoms with Gasteiger partial charge in [-0.15, -0.1) is 0 Å². The Morgan fingerprint density at radius 2 is 2.07 bits per heavy atom. The summed E-state index contributed by atoms with van der Waals surface area (Å²) in [6, 6.07) is 8.30. The summed E-state index contributed by atoms with van der Waals surface area (Å²) in [5, 5.41) is 4.16. The molecule has 0 radical (unpaired) electrons. The summed E-state index contributed by atoms with van der Waals surface area (Å²) in [7, 11) is 0. The molecule has 0 spiro atoms. The molecule has 1 aliphatic heterocycles. The third kappa shape index (κ3) is 2.27. The van der Waals surface area contributed by atoms with Crippen molar-refractivity contribution in [1.29, 1.82) is 0 Å². The lowest BCUT2D eigenvalue weighted by Gasteiger charge is -2.28. The van der Waals surface area contributed by atoms with E-state index in [0.29, 0.717) is 6.04 Å². The molecule has 0 unspecified atom stereocenters. The maximum absolute atomic E-state index is 5.82. The highest BCUT2D eigenvalue weighted by atomic mass is 35.5. The van der Waals surface area contributed by atoms with Gasteiger partial charge in [0.25, 0.3) is 0 Å². The van der Waals surface area contributed by atoms with Crippen LogP contribution < -0.4 is 5.32 Å². The molecule has 2 atom stereocenters. The normalized spacial score (nSPS) is 27.6. The van der Waals surface area contributed by atoms with Gasteiger partial charge < -0.3 is 10.1 Å². The summed E-state index contributed by atoms with van der Waals surface area (Å²) in [6.45, 7) is 3.77. The van der Waals surface area contributed by atoms with E-state index in [4.69, 9.17) is 16.3 Å². The molecular weight excluding hydrogens is 198 g/mol. The summed E-state index contributed by atoms with van der Waals surface area (Å²) < 4.78 is 5.71. The fourth-order valence-electron chi connectivity index (χ4n) is 1.58. The van der Waals surface area contributed by atoms with E-state index in [2.05, 4.69) is 12.2 Å². The highest BCUT2D eigenvalue weighted by Crippen LogP contribution is 2.21. The van der Waals surface area contributed by atoms with Gasteiger partial charge in [0.05, 0.1) is 12.7 Å². The van der Waals surface area contributed by atoms with Crippen molar-refractivity contribution < 1.29 is 4.74 Å². The highest BCUT2D eigenvalue weighted by molar-refractivity contribution is 6.30. The Morgan fingerprint density at radius 3 is 2.64 bits per heavy atom. The van der Waals surface area contributed by atoms with Crippen LogP contribution in [0.25, 0.3) is 0 Å². The Kier molecular flexibility index (Phi) is 3.06. The van der Waals surface area contributed by atoms with E-state index in [1.165, 1.54) is 5.56 Å². The van der Waals surface area contributed by atoms with Crippen LogP contribution in [0.5, 0.6) is 0 Å². The minimum Gasteiger partial charge on any atom is -0.371 e. The predicted molar refractivity (Wildman–Crippen MR) is 57.6 cm³/mol. The van der Waals surface area contributed by atoms with Gasteiger partial charge in [-0.05, 0) is 24.6 Å². The van der Waals surface area contributed by atoms with Crippen LogP contribution in [0.4, 0.5) is 0 Å². The molecule has 14 heavy (non-hydrogen) atoms. The fraction of sp³-hybridized carbons (Fsp3) is 0.455. The summed E-state index contributed by atoms with van der Waals surface area (Å²) in [4.78, 5) is 0. The number of hydrogen-bond donors (Lipinski definition) is 1. The molecule has 1 N–H and O–H groups in total. The fourth-order valence-corrected chi connectivity index (χ4v) is 1.70. The monoisotopic (exact) mass is 211 g/mol. The number of nitrogens with one attached hydrogen (secondary N) is 1. The summed E-state index contributed by atoms with van der Waals surface area (Å²) in [6.07, 6.45) is 0.170. The molecule has 1 aromatic rings. The molecule has 0 saturated carbocycles. The van der Waals surface area contributed by atoms with Gasteiger partial charge in [0.15, 0.2) is 0 Å². The second kappa shape index (κ2) is 4.30. The average molecular weight is 212 g/mol. The average Bonchev–Trinajstić information content (AvgIpc) is 2.21. The van der Waals surface area contributed by atoms with E-state index in [-0.39, 0.29) is 6.10 Å². The number of morpholine rings is 1. The topological polar surface area (TPSA) is 21.3 Å². The van der Waals surface area contributed by atoms with Gasteiger partial charge in [0, 0.05) is 17.6 Å². The van der Waals surface area contributed by atoms with Gasteiger partial charge in [-0.3, -0.25) is 0 Å². The van der Waals surface area contributed by atoms with Crippen molar-refractivity contribution in [3.63, 3.8) is 0 Å². The molecule has 1 aliphatic rings. The van der Waals surface area contributed by atoms with Gasteiger partial charge in [0.1, 0.15) is 0 Å². The summed E-state index contributed by atoms with van der Waals surface area (Å²) in [5.41, 5.74) is 1.19. The van der Waals surface area contributed by atoms with Crippen molar-refractivity contribution in [3.8, 4) is 0 Å². The quantitative estimate of drug-likeness (QED) is 0.770. The van der Waals surface area contributed by atoms with E-state index in [9.17, 15) is 0 Å². The maximum Gasteiger partial charge on any atom is 0.0950 e. The second-order valence-electron chi connectivity index (χ2n) is 3.68.